The molecule has 1 aliphatic heterocycles. The summed E-state index contributed by atoms with van der Waals surface area (Å²) in [6.45, 7) is 7.06. The number of hydrogen-bond acceptors (Lipinski definition) is 4. The smallest absolute Gasteiger partial charge is 0.336 e. The van der Waals surface area contributed by atoms with Gasteiger partial charge < -0.3 is 9.32 Å². The number of carbonyl (C=O) groups excluding carboxylic acids is 1. The molecule has 1 aromatic heterocycles. The minimum absolute atomic E-state index is 0.205. The second-order valence-electron chi connectivity index (χ2n) is 6.95. The van der Waals surface area contributed by atoms with E-state index in [0.29, 0.717) is 23.1 Å². The molecule has 5 heteroatoms. The maximum Gasteiger partial charge on any atom is 0.336 e. The molecule has 1 amide bonds. The van der Waals surface area contributed by atoms with E-state index in [1.807, 2.05) is 17.9 Å². The van der Waals surface area contributed by atoms with Gasteiger partial charge in [0.1, 0.15) is 5.58 Å². The molecule has 1 fully saturated rings. The Labute approximate surface area is 152 Å². The third-order valence-electron chi connectivity index (χ3n) is 5.05. The summed E-state index contributed by atoms with van der Waals surface area (Å²) < 4.78 is 5.33. The first-order valence-electron chi connectivity index (χ1n) is 8.87. The van der Waals surface area contributed by atoms with E-state index in [2.05, 4.69) is 19.9 Å². The van der Waals surface area contributed by atoms with Crippen LogP contribution in [0, 0.1) is 13.8 Å². The molecule has 1 aromatic carbocycles. The fraction of sp³-hybridized carbons (Fsp3) is 0.500. The molecule has 0 radical (unpaired) electrons. The number of fused-ring (bicyclic) bond motifs is 1. The second-order valence-corrected chi connectivity index (χ2v) is 7.93. The zero-order chi connectivity index (χ0) is 18.0. The third kappa shape index (κ3) is 4.09. The van der Waals surface area contributed by atoms with Crippen LogP contribution in [0.4, 0.5) is 0 Å². The van der Waals surface area contributed by atoms with Crippen LogP contribution in [-0.4, -0.2) is 29.1 Å². The number of thioether (sulfide) groups is 1. The normalized spacial score (nSPS) is 17.9. The number of amides is 1. The van der Waals surface area contributed by atoms with Crippen molar-refractivity contribution in [2.24, 2.45) is 0 Å². The second kappa shape index (κ2) is 7.65. The topological polar surface area (TPSA) is 50.5 Å². The molecule has 0 saturated carbocycles. The van der Waals surface area contributed by atoms with Gasteiger partial charge in [0.15, 0.2) is 0 Å². The zero-order valence-electron chi connectivity index (χ0n) is 15.1. The molecule has 0 bridgehead atoms. The molecule has 2 heterocycles. The molecule has 0 spiro atoms. The molecule has 1 aliphatic rings. The van der Waals surface area contributed by atoms with Crippen LogP contribution in [0.1, 0.15) is 42.9 Å². The monoisotopic (exact) mass is 359 g/mol. The lowest BCUT2D eigenvalue weighted by molar-refractivity contribution is -0.131. The first-order chi connectivity index (χ1) is 12.0. The Morgan fingerprint density at radius 1 is 1.24 bits per heavy atom. The number of carbonyl (C=O) groups is 1. The molecule has 1 saturated heterocycles. The van der Waals surface area contributed by atoms with E-state index < -0.39 is 0 Å². The van der Waals surface area contributed by atoms with Crippen molar-refractivity contribution < 1.29 is 9.21 Å². The Kier molecular flexibility index (Phi) is 5.52. The number of likely N-dealkylation sites (tertiary alicyclic amines) is 1. The highest BCUT2D eigenvalue weighted by molar-refractivity contribution is 7.99. The summed E-state index contributed by atoms with van der Waals surface area (Å²) >= 11 is 1.57. The number of hydrogen-bond donors (Lipinski definition) is 0. The van der Waals surface area contributed by atoms with Crippen LogP contribution in [0.5, 0.6) is 0 Å². The highest BCUT2D eigenvalue weighted by atomic mass is 32.2. The molecular weight excluding hydrogens is 334 g/mol. The quantitative estimate of drug-likeness (QED) is 0.773. The maximum absolute atomic E-state index is 12.5. The van der Waals surface area contributed by atoms with E-state index >= 15 is 0 Å². The number of aryl methyl sites for hydroxylation is 2. The van der Waals surface area contributed by atoms with Crippen molar-refractivity contribution in [1.29, 1.82) is 0 Å². The Bertz CT molecular complexity index is 843. The molecule has 0 aliphatic carbocycles. The van der Waals surface area contributed by atoms with Crippen LogP contribution in [0.2, 0.25) is 0 Å². The first-order valence-corrected chi connectivity index (χ1v) is 10.0. The van der Waals surface area contributed by atoms with Crippen LogP contribution in [0.25, 0.3) is 11.0 Å². The largest absolute Gasteiger partial charge is 0.423 e. The summed E-state index contributed by atoms with van der Waals surface area (Å²) in [6, 6.07) is 5.88. The van der Waals surface area contributed by atoms with Crippen molar-refractivity contribution in [1.82, 2.24) is 4.90 Å². The van der Waals surface area contributed by atoms with Gasteiger partial charge in [-0.25, -0.2) is 4.79 Å². The van der Waals surface area contributed by atoms with E-state index in [9.17, 15) is 9.59 Å². The van der Waals surface area contributed by atoms with Gasteiger partial charge in [-0.2, -0.15) is 0 Å². The van der Waals surface area contributed by atoms with E-state index in [1.165, 1.54) is 12.0 Å². The van der Waals surface area contributed by atoms with Gasteiger partial charge in [-0.3, -0.25) is 4.79 Å². The van der Waals surface area contributed by atoms with Crippen LogP contribution in [-0.2, 0) is 10.5 Å². The van der Waals surface area contributed by atoms with Gasteiger partial charge in [-0.05, 0) is 68.9 Å². The van der Waals surface area contributed by atoms with Gasteiger partial charge in [0.25, 0.3) is 0 Å². The van der Waals surface area contributed by atoms with Crippen molar-refractivity contribution in [3.05, 3.63) is 45.3 Å². The fourth-order valence-electron chi connectivity index (χ4n) is 3.40. The van der Waals surface area contributed by atoms with Crippen LogP contribution in [0.15, 0.2) is 27.4 Å². The van der Waals surface area contributed by atoms with E-state index in [-0.39, 0.29) is 11.5 Å². The van der Waals surface area contributed by atoms with Gasteiger partial charge >= 0.3 is 5.63 Å². The third-order valence-corrected chi connectivity index (χ3v) is 6.02. The molecule has 3 rings (SSSR count). The minimum atomic E-state index is -0.331. The Balaban J connectivity index is 1.72. The molecule has 134 valence electrons. The highest BCUT2D eigenvalue weighted by Gasteiger charge is 2.22. The predicted octanol–water partition coefficient (Wildman–Crippen LogP) is 4.04. The lowest BCUT2D eigenvalue weighted by Crippen LogP contribution is -2.42. The molecule has 4 nitrogen and oxygen atoms in total. The van der Waals surface area contributed by atoms with Crippen molar-refractivity contribution >= 4 is 28.6 Å². The van der Waals surface area contributed by atoms with E-state index in [4.69, 9.17) is 4.42 Å². The maximum atomic E-state index is 12.5. The lowest BCUT2D eigenvalue weighted by Gasteiger charge is -2.33. The average Bonchev–Trinajstić information content (AvgIpc) is 2.56. The standard InChI is InChI=1S/C20H25NO3S/c1-13-8-17-16(10-20(23)24-18(17)9-14(13)2)11-25-12-19(22)21-7-5-4-6-15(21)3/h8-10,15H,4-7,11-12H2,1-3H3/t15-/m0/s1. The Morgan fingerprint density at radius 3 is 2.76 bits per heavy atom. The van der Waals surface area contributed by atoms with Crippen LogP contribution in [0.3, 0.4) is 0 Å². The molecule has 25 heavy (non-hydrogen) atoms. The van der Waals surface area contributed by atoms with Crippen molar-refractivity contribution in [2.75, 3.05) is 12.3 Å². The van der Waals surface area contributed by atoms with Gasteiger partial charge in [-0.1, -0.05) is 0 Å². The fourth-order valence-corrected chi connectivity index (χ4v) is 4.30. The number of rotatable bonds is 4. The number of nitrogens with zero attached hydrogens (tertiary/aromatic N) is 1. The van der Waals surface area contributed by atoms with Gasteiger partial charge in [-0.15, -0.1) is 11.8 Å². The predicted molar refractivity (Wildman–Crippen MR) is 103 cm³/mol. The van der Waals surface area contributed by atoms with E-state index in [0.717, 1.165) is 35.9 Å². The number of benzene rings is 1. The summed E-state index contributed by atoms with van der Waals surface area (Å²) in [5.41, 5.74) is 3.52. The SMILES string of the molecule is Cc1cc2oc(=O)cc(CSCC(=O)N3CCCC[C@@H]3C)c2cc1C. The van der Waals surface area contributed by atoms with Gasteiger partial charge in [0.2, 0.25) is 5.91 Å². The minimum Gasteiger partial charge on any atom is -0.423 e. The summed E-state index contributed by atoms with van der Waals surface area (Å²) in [5, 5.41) is 0.967. The van der Waals surface area contributed by atoms with Gasteiger partial charge in [0, 0.05) is 29.8 Å². The molecule has 2 aromatic rings. The highest BCUT2D eigenvalue weighted by Crippen LogP contribution is 2.25. The lowest BCUT2D eigenvalue weighted by atomic mass is 10.0. The van der Waals surface area contributed by atoms with Gasteiger partial charge in [0.05, 0.1) is 5.75 Å². The first kappa shape index (κ1) is 18.1. The number of piperidine rings is 1. The molecule has 0 unspecified atom stereocenters. The average molecular weight is 359 g/mol. The van der Waals surface area contributed by atoms with Crippen LogP contribution < -0.4 is 5.63 Å². The molecular formula is C20H25NO3S. The van der Waals surface area contributed by atoms with E-state index in [1.54, 1.807) is 17.8 Å². The summed E-state index contributed by atoms with van der Waals surface area (Å²) in [7, 11) is 0. The molecule has 1 atom stereocenters. The Hall–Kier alpha value is -1.75. The Morgan fingerprint density at radius 2 is 2.00 bits per heavy atom. The zero-order valence-corrected chi connectivity index (χ0v) is 15.9. The van der Waals surface area contributed by atoms with Crippen molar-refractivity contribution in [3.8, 4) is 0 Å². The summed E-state index contributed by atoms with van der Waals surface area (Å²) in [5.74, 6) is 1.30. The summed E-state index contributed by atoms with van der Waals surface area (Å²) in [4.78, 5) is 26.3. The van der Waals surface area contributed by atoms with Crippen molar-refractivity contribution in [2.45, 2.75) is 51.8 Å². The van der Waals surface area contributed by atoms with Crippen LogP contribution >= 0.6 is 11.8 Å². The van der Waals surface area contributed by atoms with Crippen molar-refractivity contribution in [3.63, 3.8) is 0 Å². The summed E-state index contributed by atoms with van der Waals surface area (Å²) in [6.07, 6.45) is 3.41. The molecule has 0 N–H and O–H groups in total.